The highest BCUT2D eigenvalue weighted by Gasteiger charge is 2.34. The number of nitrogens with two attached hydrogens (primary N) is 1. The molecule has 0 bridgehead atoms. The van der Waals surface area contributed by atoms with Crippen LogP contribution in [0.3, 0.4) is 0 Å². The lowest BCUT2D eigenvalue weighted by atomic mass is 9.88. The van der Waals surface area contributed by atoms with E-state index in [4.69, 9.17) is 10.5 Å². The quantitative estimate of drug-likeness (QED) is 0.772. The molecule has 0 aromatic heterocycles. The maximum absolute atomic E-state index is 12.3. The van der Waals surface area contributed by atoms with Gasteiger partial charge in [-0.1, -0.05) is 12.8 Å². The predicted molar refractivity (Wildman–Crippen MR) is 77.0 cm³/mol. The molecule has 19 heavy (non-hydrogen) atoms. The summed E-state index contributed by atoms with van der Waals surface area (Å²) in [6, 6.07) is 0.243. The lowest BCUT2D eigenvalue weighted by molar-refractivity contribution is -0.137. The Hall–Kier alpha value is -0.650. The van der Waals surface area contributed by atoms with Crippen LogP contribution in [0.15, 0.2) is 0 Å². The molecule has 0 aromatic carbocycles. The summed E-state index contributed by atoms with van der Waals surface area (Å²) < 4.78 is 5.14. The van der Waals surface area contributed by atoms with Crippen LogP contribution in [0, 0.1) is 0 Å². The number of nitrogens with zero attached hydrogens (tertiary/aromatic N) is 2. The standard InChI is InChI=1S/C14H29N3O2/c1-11(15)14(18)17(9-10-19-4)13-8-6-5-7-12(13)16(2)3/h11-13H,5-10,15H2,1-4H3/t11-,12?,13?/m0/s1. The fraction of sp³-hybridized carbons (Fsp3) is 0.929. The van der Waals surface area contributed by atoms with Gasteiger partial charge < -0.3 is 20.3 Å². The van der Waals surface area contributed by atoms with Crippen LogP contribution in [0.2, 0.25) is 0 Å². The Kier molecular flexibility index (Phi) is 6.75. The molecule has 1 fully saturated rings. The Bertz CT molecular complexity index is 282. The van der Waals surface area contributed by atoms with Crippen molar-refractivity contribution in [2.45, 2.75) is 50.7 Å². The van der Waals surface area contributed by atoms with Crippen LogP contribution in [-0.2, 0) is 9.53 Å². The number of carbonyl (C=O) groups excluding carboxylic acids is 1. The lowest BCUT2D eigenvalue weighted by Crippen LogP contribution is -2.57. The summed E-state index contributed by atoms with van der Waals surface area (Å²) in [5.74, 6) is 0.0378. The molecule has 5 nitrogen and oxygen atoms in total. The Labute approximate surface area is 117 Å². The van der Waals surface area contributed by atoms with Crippen LogP contribution >= 0.6 is 0 Å². The monoisotopic (exact) mass is 271 g/mol. The molecule has 0 spiro atoms. The topological polar surface area (TPSA) is 58.8 Å². The van der Waals surface area contributed by atoms with Crippen molar-refractivity contribution in [3.63, 3.8) is 0 Å². The molecular formula is C14H29N3O2. The van der Waals surface area contributed by atoms with Gasteiger partial charge in [0.1, 0.15) is 0 Å². The Morgan fingerprint density at radius 3 is 2.37 bits per heavy atom. The van der Waals surface area contributed by atoms with Crippen LogP contribution in [0.25, 0.3) is 0 Å². The van der Waals surface area contributed by atoms with Gasteiger partial charge in [-0.25, -0.2) is 0 Å². The van der Waals surface area contributed by atoms with Gasteiger partial charge >= 0.3 is 0 Å². The summed E-state index contributed by atoms with van der Waals surface area (Å²) in [7, 11) is 5.85. The normalized spacial score (nSPS) is 25.4. The van der Waals surface area contributed by atoms with E-state index in [-0.39, 0.29) is 11.9 Å². The Morgan fingerprint density at radius 1 is 1.32 bits per heavy atom. The molecular weight excluding hydrogens is 242 g/mol. The van der Waals surface area contributed by atoms with Gasteiger partial charge in [0.25, 0.3) is 0 Å². The van der Waals surface area contributed by atoms with Gasteiger partial charge in [0.05, 0.1) is 12.6 Å². The summed E-state index contributed by atoms with van der Waals surface area (Å²) in [5, 5.41) is 0. The molecule has 2 unspecified atom stereocenters. The smallest absolute Gasteiger partial charge is 0.239 e. The van der Waals surface area contributed by atoms with Crippen molar-refractivity contribution in [3.05, 3.63) is 0 Å². The summed E-state index contributed by atoms with van der Waals surface area (Å²) in [4.78, 5) is 16.5. The lowest BCUT2D eigenvalue weighted by Gasteiger charge is -2.43. The number of carbonyl (C=O) groups is 1. The molecule has 0 heterocycles. The van der Waals surface area contributed by atoms with Crippen molar-refractivity contribution in [2.24, 2.45) is 5.73 Å². The van der Waals surface area contributed by atoms with Crippen molar-refractivity contribution in [3.8, 4) is 0 Å². The molecule has 3 atom stereocenters. The third kappa shape index (κ3) is 4.44. The van der Waals surface area contributed by atoms with Gasteiger partial charge in [0.2, 0.25) is 5.91 Å². The summed E-state index contributed by atoms with van der Waals surface area (Å²) in [6.07, 6.45) is 4.63. The number of amides is 1. The first-order valence-electron chi connectivity index (χ1n) is 7.20. The van der Waals surface area contributed by atoms with Crippen LogP contribution < -0.4 is 5.73 Å². The minimum Gasteiger partial charge on any atom is -0.383 e. The molecule has 0 aliphatic heterocycles. The molecule has 2 N–H and O–H groups in total. The summed E-state index contributed by atoms with van der Waals surface area (Å²) >= 11 is 0. The van der Waals surface area contributed by atoms with Gasteiger partial charge in [0, 0.05) is 25.7 Å². The fourth-order valence-corrected chi connectivity index (χ4v) is 2.95. The molecule has 0 radical (unpaired) electrons. The van der Waals surface area contributed by atoms with Gasteiger partial charge in [0.15, 0.2) is 0 Å². The number of ether oxygens (including phenoxy) is 1. The number of hydrogen-bond acceptors (Lipinski definition) is 4. The molecule has 1 saturated carbocycles. The first kappa shape index (κ1) is 16.4. The first-order chi connectivity index (χ1) is 8.99. The van der Waals surface area contributed by atoms with E-state index < -0.39 is 6.04 Å². The highest BCUT2D eigenvalue weighted by Crippen LogP contribution is 2.26. The van der Waals surface area contributed by atoms with E-state index in [0.29, 0.717) is 19.2 Å². The van der Waals surface area contributed by atoms with Gasteiger partial charge in [-0.15, -0.1) is 0 Å². The average molecular weight is 271 g/mol. The van der Waals surface area contributed by atoms with Gasteiger partial charge in [-0.05, 0) is 33.9 Å². The maximum Gasteiger partial charge on any atom is 0.239 e. The zero-order valence-electron chi connectivity index (χ0n) is 12.8. The molecule has 1 rings (SSSR count). The number of methoxy groups -OCH3 is 1. The second kappa shape index (κ2) is 7.82. The predicted octanol–water partition coefficient (Wildman–Crippen LogP) is 0.681. The molecule has 5 heteroatoms. The number of rotatable bonds is 6. The highest BCUT2D eigenvalue weighted by atomic mass is 16.5. The van der Waals surface area contributed by atoms with E-state index in [9.17, 15) is 4.79 Å². The second-order valence-corrected chi connectivity index (χ2v) is 5.70. The molecule has 112 valence electrons. The van der Waals surface area contributed by atoms with E-state index in [1.165, 1.54) is 12.8 Å². The van der Waals surface area contributed by atoms with E-state index >= 15 is 0 Å². The minimum atomic E-state index is -0.443. The zero-order chi connectivity index (χ0) is 14.4. The molecule has 0 saturated heterocycles. The highest BCUT2D eigenvalue weighted by molar-refractivity contribution is 5.81. The van der Waals surface area contributed by atoms with Crippen LogP contribution in [0.5, 0.6) is 0 Å². The third-order valence-electron chi connectivity index (χ3n) is 3.97. The molecule has 0 aromatic rings. The van der Waals surface area contributed by atoms with Crippen molar-refractivity contribution in [2.75, 3.05) is 34.4 Å². The molecule has 1 amide bonds. The SMILES string of the molecule is COCCN(C(=O)[C@H](C)N)C1CCCCC1N(C)C. The first-order valence-corrected chi connectivity index (χ1v) is 7.20. The minimum absolute atomic E-state index is 0.0378. The number of likely N-dealkylation sites (N-methyl/N-ethyl adjacent to an activating group) is 1. The van der Waals surface area contributed by atoms with Crippen LogP contribution in [0.1, 0.15) is 32.6 Å². The summed E-state index contributed by atoms with van der Waals surface area (Å²) in [5.41, 5.74) is 5.79. The molecule has 1 aliphatic rings. The van der Waals surface area contributed by atoms with Crippen molar-refractivity contribution >= 4 is 5.91 Å². The van der Waals surface area contributed by atoms with E-state index in [1.54, 1.807) is 14.0 Å². The molecule has 1 aliphatic carbocycles. The largest absolute Gasteiger partial charge is 0.383 e. The fourth-order valence-electron chi connectivity index (χ4n) is 2.95. The third-order valence-corrected chi connectivity index (χ3v) is 3.97. The maximum atomic E-state index is 12.3. The van der Waals surface area contributed by atoms with Crippen molar-refractivity contribution in [1.29, 1.82) is 0 Å². The second-order valence-electron chi connectivity index (χ2n) is 5.70. The Morgan fingerprint density at radius 2 is 1.89 bits per heavy atom. The summed E-state index contributed by atoms with van der Waals surface area (Å²) in [6.45, 7) is 2.95. The van der Waals surface area contributed by atoms with Crippen LogP contribution in [0.4, 0.5) is 0 Å². The zero-order valence-corrected chi connectivity index (χ0v) is 12.8. The van der Waals surface area contributed by atoms with Crippen LogP contribution in [-0.4, -0.2) is 68.2 Å². The van der Waals surface area contributed by atoms with E-state index in [2.05, 4.69) is 19.0 Å². The Balaban J connectivity index is 2.83. The van der Waals surface area contributed by atoms with E-state index in [1.807, 2.05) is 4.90 Å². The number of hydrogen-bond donors (Lipinski definition) is 1. The average Bonchev–Trinajstić information content (AvgIpc) is 2.39. The van der Waals surface area contributed by atoms with Gasteiger partial charge in [-0.2, -0.15) is 0 Å². The van der Waals surface area contributed by atoms with Crippen molar-refractivity contribution in [1.82, 2.24) is 9.80 Å². The van der Waals surface area contributed by atoms with E-state index in [0.717, 1.165) is 12.8 Å². The van der Waals surface area contributed by atoms with Gasteiger partial charge in [-0.3, -0.25) is 4.79 Å². The van der Waals surface area contributed by atoms with Crippen molar-refractivity contribution < 1.29 is 9.53 Å².